The van der Waals surface area contributed by atoms with E-state index in [1.807, 2.05) is 17.9 Å². The van der Waals surface area contributed by atoms with E-state index in [2.05, 4.69) is 13.8 Å². The lowest BCUT2D eigenvalue weighted by molar-refractivity contribution is -0.134. The van der Waals surface area contributed by atoms with Gasteiger partial charge in [-0.3, -0.25) is 9.59 Å². The summed E-state index contributed by atoms with van der Waals surface area (Å²) in [5.74, 6) is 0.670. The zero-order valence-corrected chi connectivity index (χ0v) is 18.7. The molecule has 0 bridgehead atoms. The third-order valence-corrected chi connectivity index (χ3v) is 6.03. The molecule has 2 aromatic carbocycles. The molecule has 1 aliphatic rings. The summed E-state index contributed by atoms with van der Waals surface area (Å²) >= 11 is 0. The standard InChI is InChI=1S/C25H32N2O4/c1-15-10-21(28)24(22(11-15)31-4)20(18-5-7-19(8-6-18)25(26)30)12-23(29)27-13-16(2)9-17(3)14-27/h5-8,10-11,16-17,20,28H,9,12-14H2,1-4H3,(H2,26,30). The van der Waals surface area contributed by atoms with Gasteiger partial charge < -0.3 is 20.5 Å². The number of carbonyl (C=O) groups excluding carboxylic acids is 2. The Morgan fingerprint density at radius 1 is 1.16 bits per heavy atom. The number of phenolic OH excluding ortho intramolecular Hbond substituents is 1. The van der Waals surface area contributed by atoms with Gasteiger partial charge in [0.05, 0.1) is 7.11 Å². The normalized spacial score (nSPS) is 19.7. The zero-order chi connectivity index (χ0) is 22.7. The minimum absolute atomic E-state index is 0.0457. The second-order valence-corrected chi connectivity index (χ2v) is 8.89. The number of nitrogens with two attached hydrogens (primary N) is 1. The van der Waals surface area contributed by atoms with E-state index >= 15 is 0 Å². The average molecular weight is 425 g/mol. The van der Waals surface area contributed by atoms with Crippen molar-refractivity contribution in [2.45, 2.75) is 39.5 Å². The van der Waals surface area contributed by atoms with Gasteiger partial charge in [-0.2, -0.15) is 0 Å². The molecule has 31 heavy (non-hydrogen) atoms. The van der Waals surface area contributed by atoms with Crippen LogP contribution < -0.4 is 10.5 Å². The maximum Gasteiger partial charge on any atom is 0.248 e. The number of nitrogens with zero attached hydrogens (tertiary/aromatic N) is 1. The molecular formula is C25H32N2O4. The number of aryl methyl sites for hydroxylation is 1. The first kappa shape index (κ1) is 22.7. The van der Waals surface area contributed by atoms with Gasteiger partial charge in [-0.15, -0.1) is 0 Å². The lowest BCUT2D eigenvalue weighted by Crippen LogP contribution is -2.43. The van der Waals surface area contributed by atoms with Crippen LogP contribution in [0.4, 0.5) is 0 Å². The summed E-state index contributed by atoms with van der Waals surface area (Å²) in [7, 11) is 1.56. The summed E-state index contributed by atoms with van der Waals surface area (Å²) in [4.78, 5) is 26.8. The number of piperidine rings is 1. The number of primary amides is 1. The number of aromatic hydroxyl groups is 1. The second kappa shape index (κ2) is 9.41. The van der Waals surface area contributed by atoms with Gasteiger partial charge in [0.1, 0.15) is 11.5 Å². The number of phenols is 1. The van der Waals surface area contributed by atoms with Gasteiger partial charge in [0.25, 0.3) is 0 Å². The summed E-state index contributed by atoms with van der Waals surface area (Å²) in [5.41, 5.74) is 8.03. The molecule has 3 rings (SSSR count). The SMILES string of the molecule is COc1cc(C)cc(O)c1C(CC(=O)N1CC(C)CC(C)C1)c1ccc(C(N)=O)cc1. The van der Waals surface area contributed by atoms with E-state index in [9.17, 15) is 14.7 Å². The topological polar surface area (TPSA) is 92.9 Å². The van der Waals surface area contributed by atoms with E-state index in [0.717, 1.165) is 30.6 Å². The number of carbonyl (C=O) groups is 2. The Labute approximate surface area is 184 Å². The van der Waals surface area contributed by atoms with E-state index in [4.69, 9.17) is 10.5 Å². The largest absolute Gasteiger partial charge is 0.507 e. The van der Waals surface area contributed by atoms with Crippen LogP contribution in [0.3, 0.4) is 0 Å². The molecular weight excluding hydrogens is 392 g/mol. The van der Waals surface area contributed by atoms with E-state index in [-0.39, 0.29) is 18.1 Å². The highest BCUT2D eigenvalue weighted by atomic mass is 16.5. The van der Waals surface area contributed by atoms with Crippen molar-refractivity contribution in [3.63, 3.8) is 0 Å². The average Bonchev–Trinajstić information content (AvgIpc) is 2.71. The Bertz CT molecular complexity index is 945. The van der Waals surface area contributed by atoms with Crippen LogP contribution in [0.1, 0.15) is 59.7 Å². The number of hydrogen-bond donors (Lipinski definition) is 2. The molecule has 0 aromatic heterocycles. The Kier molecular flexibility index (Phi) is 6.88. The van der Waals surface area contributed by atoms with Crippen molar-refractivity contribution in [2.24, 2.45) is 17.6 Å². The Hall–Kier alpha value is -3.02. The van der Waals surface area contributed by atoms with Crippen LogP contribution in [0.25, 0.3) is 0 Å². The highest BCUT2D eigenvalue weighted by Crippen LogP contribution is 2.41. The van der Waals surface area contributed by atoms with Crippen molar-refractivity contribution < 1.29 is 19.4 Å². The van der Waals surface area contributed by atoms with E-state index < -0.39 is 11.8 Å². The molecule has 1 aliphatic heterocycles. The fraction of sp³-hybridized carbons (Fsp3) is 0.440. The molecule has 1 heterocycles. The maximum atomic E-state index is 13.3. The molecule has 2 amide bonds. The maximum absolute atomic E-state index is 13.3. The van der Waals surface area contributed by atoms with Gasteiger partial charge in [0.15, 0.2) is 0 Å². The first-order valence-corrected chi connectivity index (χ1v) is 10.7. The summed E-state index contributed by atoms with van der Waals surface area (Å²) in [6, 6.07) is 10.4. The van der Waals surface area contributed by atoms with Gasteiger partial charge in [0.2, 0.25) is 11.8 Å². The lowest BCUT2D eigenvalue weighted by Gasteiger charge is -2.36. The van der Waals surface area contributed by atoms with Crippen LogP contribution in [0.5, 0.6) is 11.5 Å². The van der Waals surface area contributed by atoms with E-state index in [1.165, 1.54) is 0 Å². The minimum Gasteiger partial charge on any atom is -0.507 e. The Morgan fingerprint density at radius 3 is 2.32 bits per heavy atom. The van der Waals surface area contributed by atoms with Gasteiger partial charge in [-0.1, -0.05) is 26.0 Å². The fourth-order valence-electron chi connectivity index (χ4n) is 4.70. The smallest absolute Gasteiger partial charge is 0.248 e. The Balaban J connectivity index is 2.01. The van der Waals surface area contributed by atoms with Crippen molar-refractivity contribution in [1.82, 2.24) is 4.90 Å². The molecule has 3 unspecified atom stereocenters. The number of likely N-dealkylation sites (tertiary alicyclic amines) is 1. The minimum atomic E-state index is -0.508. The first-order chi connectivity index (χ1) is 14.7. The van der Waals surface area contributed by atoms with Crippen LogP contribution in [0.15, 0.2) is 36.4 Å². The molecule has 0 aliphatic carbocycles. The van der Waals surface area contributed by atoms with Crippen LogP contribution in [0.2, 0.25) is 0 Å². The van der Waals surface area contributed by atoms with Gasteiger partial charge in [0, 0.05) is 36.6 Å². The molecule has 1 fully saturated rings. The highest BCUT2D eigenvalue weighted by molar-refractivity contribution is 5.92. The van der Waals surface area contributed by atoms with E-state index in [1.54, 1.807) is 37.4 Å². The number of ether oxygens (including phenoxy) is 1. The molecule has 3 N–H and O–H groups in total. The quantitative estimate of drug-likeness (QED) is 0.737. The molecule has 2 aromatic rings. The van der Waals surface area contributed by atoms with Crippen molar-refractivity contribution >= 4 is 11.8 Å². The Morgan fingerprint density at radius 2 is 1.77 bits per heavy atom. The molecule has 0 saturated carbocycles. The third-order valence-electron chi connectivity index (χ3n) is 6.03. The number of methoxy groups -OCH3 is 1. The number of amides is 2. The summed E-state index contributed by atoms with van der Waals surface area (Å²) in [6.07, 6.45) is 1.32. The van der Waals surface area contributed by atoms with Crippen molar-refractivity contribution in [3.05, 3.63) is 58.7 Å². The van der Waals surface area contributed by atoms with Crippen LogP contribution in [0, 0.1) is 18.8 Å². The van der Waals surface area contributed by atoms with Crippen molar-refractivity contribution in [1.29, 1.82) is 0 Å². The number of rotatable bonds is 6. The molecule has 6 nitrogen and oxygen atoms in total. The van der Waals surface area contributed by atoms with Crippen LogP contribution >= 0.6 is 0 Å². The molecule has 0 spiro atoms. The predicted molar refractivity (Wildman–Crippen MR) is 120 cm³/mol. The molecule has 1 saturated heterocycles. The van der Waals surface area contributed by atoms with Crippen molar-refractivity contribution in [2.75, 3.05) is 20.2 Å². The second-order valence-electron chi connectivity index (χ2n) is 8.89. The molecule has 3 atom stereocenters. The highest BCUT2D eigenvalue weighted by Gasteiger charge is 2.30. The number of benzene rings is 2. The summed E-state index contributed by atoms with van der Waals surface area (Å²) in [5, 5.41) is 10.8. The molecule has 166 valence electrons. The van der Waals surface area contributed by atoms with Crippen LogP contribution in [-0.4, -0.2) is 42.0 Å². The molecule has 6 heteroatoms. The van der Waals surface area contributed by atoms with Gasteiger partial charge in [-0.25, -0.2) is 0 Å². The third kappa shape index (κ3) is 5.19. The van der Waals surface area contributed by atoms with Crippen LogP contribution in [-0.2, 0) is 4.79 Å². The van der Waals surface area contributed by atoms with Gasteiger partial charge in [-0.05, 0) is 60.6 Å². The molecule has 0 radical (unpaired) electrons. The van der Waals surface area contributed by atoms with Gasteiger partial charge >= 0.3 is 0 Å². The summed E-state index contributed by atoms with van der Waals surface area (Å²) in [6.45, 7) is 7.71. The predicted octanol–water partition coefficient (Wildman–Crippen LogP) is 3.83. The number of hydrogen-bond acceptors (Lipinski definition) is 4. The zero-order valence-electron chi connectivity index (χ0n) is 18.7. The van der Waals surface area contributed by atoms with Crippen molar-refractivity contribution in [3.8, 4) is 11.5 Å². The first-order valence-electron chi connectivity index (χ1n) is 10.7. The summed E-state index contributed by atoms with van der Waals surface area (Å²) < 4.78 is 5.57. The lowest BCUT2D eigenvalue weighted by atomic mass is 9.85. The van der Waals surface area contributed by atoms with E-state index in [0.29, 0.717) is 28.7 Å². The monoisotopic (exact) mass is 424 g/mol. The fourth-order valence-corrected chi connectivity index (χ4v) is 4.70.